The van der Waals surface area contributed by atoms with Crippen LogP contribution in [0.3, 0.4) is 0 Å². The first-order valence-electron chi connectivity index (χ1n) is 8.15. The zero-order valence-electron chi connectivity index (χ0n) is 13.5. The molecule has 21 heavy (non-hydrogen) atoms. The lowest BCUT2D eigenvalue weighted by Crippen LogP contribution is -2.36. The Balaban J connectivity index is 3.32. The highest BCUT2D eigenvalue weighted by Crippen LogP contribution is 2.09. The number of hydrogen-bond acceptors (Lipinski definition) is 3. The zero-order chi connectivity index (χ0) is 15.9. The Morgan fingerprint density at radius 1 is 0.714 bits per heavy atom. The molecule has 5 nitrogen and oxygen atoms in total. The molecule has 122 valence electrons. The molecule has 0 rings (SSSR count). The van der Waals surface area contributed by atoms with E-state index in [4.69, 9.17) is 0 Å². The number of nitrogens with one attached hydrogen (secondary N) is 2. The fourth-order valence-corrected chi connectivity index (χ4v) is 2.02. The van der Waals surface area contributed by atoms with Crippen LogP contribution in [0.4, 0.5) is 0 Å². The fraction of sp³-hybridized carbons (Fsp3) is 0.812. The molecule has 0 aromatic heterocycles. The van der Waals surface area contributed by atoms with Gasteiger partial charge in [0.1, 0.15) is 5.78 Å². The van der Waals surface area contributed by atoms with Gasteiger partial charge in [0, 0.05) is 25.8 Å². The molecule has 0 saturated heterocycles. The predicted molar refractivity (Wildman–Crippen MR) is 83.9 cm³/mol. The molecule has 0 aliphatic heterocycles. The average molecular weight is 298 g/mol. The molecule has 0 radical (unpaired) electrons. The summed E-state index contributed by atoms with van der Waals surface area (Å²) >= 11 is 0. The summed E-state index contributed by atoms with van der Waals surface area (Å²) in [5, 5.41) is 5.24. The number of ketones is 1. The van der Waals surface area contributed by atoms with Crippen LogP contribution in [0.15, 0.2) is 0 Å². The first-order valence-corrected chi connectivity index (χ1v) is 8.15. The van der Waals surface area contributed by atoms with Crippen molar-refractivity contribution in [2.24, 2.45) is 0 Å². The van der Waals surface area contributed by atoms with Gasteiger partial charge in [0.05, 0.1) is 6.54 Å². The van der Waals surface area contributed by atoms with E-state index >= 15 is 0 Å². The molecule has 0 aliphatic carbocycles. The Kier molecular flexibility index (Phi) is 12.7. The van der Waals surface area contributed by atoms with E-state index in [1.165, 1.54) is 0 Å². The second-order valence-electron chi connectivity index (χ2n) is 5.24. The molecule has 0 spiro atoms. The smallest absolute Gasteiger partial charge is 0.239 e. The second kappa shape index (κ2) is 13.6. The van der Waals surface area contributed by atoms with E-state index in [2.05, 4.69) is 10.6 Å². The van der Waals surface area contributed by atoms with E-state index in [9.17, 15) is 14.4 Å². The van der Waals surface area contributed by atoms with E-state index in [1.807, 2.05) is 13.8 Å². The normalized spacial score (nSPS) is 10.2. The van der Waals surface area contributed by atoms with Crippen molar-refractivity contribution in [3.63, 3.8) is 0 Å². The lowest BCUT2D eigenvalue weighted by Gasteiger charge is -2.05. The summed E-state index contributed by atoms with van der Waals surface area (Å²) in [6, 6.07) is 0. The molecule has 0 atom stereocenters. The van der Waals surface area contributed by atoms with Gasteiger partial charge >= 0.3 is 0 Å². The minimum Gasteiger partial charge on any atom is -0.355 e. The van der Waals surface area contributed by atoms with Crippen LogP contribution in [0.5, 0.6) is 0 Å². The maximum absolute atomic E-state index is 11.5. The third kappa shape index (κ3) is 13.4. The van der Waals surface area contributed by atoms with Crippen LogP contribution in [-0.4, -0.2) is 30.7 Å². The monoisotopic (exact) mass is 298 g/mol. The van der Waals surface area contributed by atoms with Crippen molar-refractivity contribution in [1.29, 1.82) is 0 Å². The van der Waals surface area contributed by atoms with Crippen molar-refractivity contribution >= 4 is 17.6 Å². The summed E-state index contributed by atoms with van der Waals surface area (Å²) in [6.07, 6.45) is 8.01. The highest BCUT2D eigenvalue weighted by atomic mass is 16.2. The molecule has 0 aromatic carbocycles. The molecule has 0 unspecified atom stereocenters. The van der Waals surface area contributed by atoms with Crippen molar-refractivity contribution in [3.05, 3.63) is 0 Å². The fourth-order valence-electron chi connectivity index (χ4n) is 2.02. The molecule has 0 heterocycles. The highest BCUT2D eigenvalue weighted by molar-refractivity contribution is 5.84. The van der Waals surface area contributed by atoms with Gasteiger partial charge in [-0.3, -0.25) is 14.4 Å². The van der Waals surface area contributed by atoms with Gasteiger partial charge in [0.25, 0.3) is 0 Å². The minimum absolute atomic E-state index is 0.0604. The summed E-state index contributed by atoms with van der Waals surface area (Å²) in [4.78, 5) is 33.7. The zero-order valence-corrected chi connectivity index (χ0v) is 13.5. The van der Waals surface area contributed by atoms with Gasteiger partial charge in [-0.25, -0.2) is 0 Å². The molecular weight excluding hydrogens is 268 g/mol. The summed E-state index contributed by atoms with van der Waals surface area (Å²) in [5.74, 6) is 0.140. The quantitative estimate of drug-likeness (QED) is 0.512. The first-order chi connectivity index (χ1) is 10.1. The maximum atomic E-state index is 11.5. The second-order valence-corrected chi connectivity index (χ2v) is 5.24. The number of rotatable bonds is 13. The van der Waals surface area contributed by atoms with Gasteiger partial charge in [-0.05, 0) is 19.8 Å². The molecule has 0 aliphatic rings. The Bertz CT molecular complexity index is 317. The number of amides is 2. The van der Waals surface area contributed by atoms with Crippen molar-refractivity contribution in [3.8, 4) is 0 Å². The van der Waals surface area contributed by atoms with E-state index in [-0.39, 0.29) is 18.4 Å². The molecule has 0 aromatic rings. The van der Waals surface area contributed by atoms with Gasteiger partial charge in [-0.1, -0.05) is 32.6 Å². The Morgan fingerprint density at radius 2 is 1.29 bits per heavy atom. The van der Waals surface area contributed by atoms with Crippen molar-refractivity contribution < 1.29 is 14.4 Å². The van der Waals surface area contributed by atoms with Gasteiger partial charge in [0.2, 0.25) is 11.8 Å². The molecule has 2 N–H and O–H groups in total. The average Bonchev–Trinajstić information content (AvgIpc) is 2.47. The van der Waals surface area contributed by atoms with Crippen molar-refractivity contribution in [2.75, 3.05) is 13.1 Å². The molecule has 0 bridgehead atoms. The summed E-state index contributed by atoms with van der Waals surface area (Å²) in [5.41, 5.74) is 0. The van der Waals surface area contributed by atoms with Gasteiger partial charge < -0.3 is 10.6 Å². The molecule has 0 fully saturated rings. The summed E-state index contributed by atoms with van der Waals surface area (Å²) in [7, 11) is 0. The number of unbranched alkanes of at least 4 members (excludes halogenated alkanes) is 5. The number of carbonyl (C=O) groups is 3. The van der Waals surface area contributed by atoms with E-state index in [0.717, 1.165) is 38.5 Å². The van der Waals surface area contributed by atoms with Crippen LogP contribution >= 0.6 is 0 Å². The topological polar surface area (TPSA) is 75.3 Å². The van der Waals surface area contributed by atoms with E-state index in [1.54, 1.807) is 0 Å². The summed E-state index contributed by atoms with van der Waals surface area (Å²) in [6.45, 7) is 4.40. The highest BCUT2D eigenvalue weighted by Gasteiger charge is 2.04. The number of carbonyl (C=O) groups excluding carboxylic acids is 3. The lowest BCUT2D eigenvalue weighted by molar-refractivity contribution is -0.126. The van der Waals surface area contributed by atoms with Crippen LogP contribution in [0.25, 0.3) is 0 Å². The van der Waals surface area contributed by atoms with Crippen LogP contribution in [-0.2, 0) is 14.4 Å². The molecule has 5 heteroatoms. The minimum atomic E-state index is -0.146. The molecular formula is C16H30N2O3. The first kappa shape index (κ1) is 19.6. The number of likely N-dealkylation sites (N-methyl/N-ethyl adjacent to an activating group) is 1. The van der Waals surface area contributed by atoms with Crippen molar-refractivity contribution in [1.82, 2.24) is 10.6 Å². The van der Waals surface area contributed by atoms with Crippen molar-refractivity contribution in [2.45, 2.75) is 71.6 Å². The van der Waals surface area contributed by atoms with Gasteiger partial charge in [0.15, 0.2) is 0 Å². The maximum Gasteiger partial charge on any atom is 0.239 e. The van der Waals surface area contributed by atoms with Gasteiger partial charge in [-0.2, -0.15) is 0 Å². The molecule has 2 amide bonds. The summed E-state index contributed by atoms with van der Waals surface area (Å²) < 4.78 is 0. The standard InChI is InChI=1S/C16H30N2O3/c1-3-14(19)11-9-7-5-6-8-10-12-15(20)18-13-16(21)17-4-2/h3-13H2,1-2H3,(H,17,21)(H,18,20). The van der Waals surface area contributed by atoms with E-state index < -0.39 is 0 Å². The lowest BCUT2D eigenvalue weighted by atomic mass is 10.1. The van der Waals surface area contributed by atoms with Gasteiger partial charge in [-0.15, -0.1) is 0 Å². The van der Waals surface area contributed by atoms with Crippen LogP contribution in [0, 0.1) is 0 Å². The van der Waals surface area contributed by atoms with E-state index in [0.29, 0.717) is 31.6 Å². The third-order valence-corrected chi connectivity index (χ3v) is 3.32. The SMILES string of the molecule is CCNC(=O)CNC(=O)CCCCCCCCC(=O)CC. The Labute approximate surface area is 128 Å². The van der Waals surface area contributed by atoms with Crippen LogP contribution < -0.4 is 10.6 Å². The third-order valence-electron chi connectivity index (χ3n) is 3.32. The Hall–Kier alpha value is -1.39. The predicted octanol–water partition coefficient (Wildman–Crippen LogP) is 2.34. The van der Waals surface area contributed by atoms with Crippen LogP contribution in [0.2, 0.25) is 0 Å². The van der Waals surface area contributed by atoms with Crippen LogP contribution in [0.1, 0.15) is 71.6 Å². The molecule has 0 saturated carbocycles. The Morgan fingerprint density at radius 3 is 1.86 bits per heavy atom. The number of hydrogen-bond donors (Lipinski definition) is 2. The number of Topliss-reactive ketones (excluding diaryl/α,β-unsaturated/α-hetero) is 1. The largest absolute Gasteiger partial charge is 0.355 e.